The van der Waals surface area contributed by atoms with Crippen molar-refractivity contribution < 1.29 is 28.8 Å². The van der Waals surface area contributed by atoms with Crippen LogP contribution in [0.2, 0.25) is 0 Å². The molecule has 9 heteroatoms. The standard InChI is InChI=1S/C30H34N2O7/c1-3-6-18(13-22-10-11-23(16-33)39-22)9-12-26-27-19(4-2)14-24-28(25(27)17-38-26)30(35)31(29(24)34)20-7-5-8-21(15-20)32(36)37/h5,7-8,10-11,13,15,24-26,28,33H,3-4,6,9,12,14,16-17H2,1-2H3/b18-13+/t24-,25+,26-,28-/m1/s1. The van der Waals surface area contributed by atoms with Crippen LogP contribution >= 0.6 is 0 Å². The van der Waals surface area contributed by atoms with E-state index in [-0.39, 0.29) is 41.8 Å². The molecule has 4 atom stereocenters. The molecule has 3 aliphatic rings. The molecule has 2 saturated heterocycles. The Morgan fingerprint density at radius 2 is 1.97 bits per heavy atom. The highest BCUT2D eigenvalue weighted by Crippen LogP contribution is 2.51. The van der Waals surface area contributed by atoms with E-state index in [9.17, 15) is 24.8 Å². The molecular formula is C30H34N2O7. The van der Waals surface area contributed by atoms with Gasteiger partial charge in [-0.15, -0.1) is 0 Å². The lowest BCUT2D eigenvalue weighted by Crippen LogP contribution is -2.34. The highest BCUT2D eigenvalue weighted by Gasteiger charge is 2.57. The summed E-state index contributed by atoms with van der Waals surface area (Å²) < 4.78 is 12.0. The van der Waals surface area contributed by atoms with Crippen LogP contribution in [0.3, 0.4) is 0 Å². The molecule has 1 aliphatic carbocycles. The fourth-order valence-electron chi connectivity index (χ4n) is 6.48. The number of imide groups is 1. The SMILES string of the molecule is CCC/C(=C\c1ccc(CO)o1)CC[C@H]1OC[C@H]2C1=C(CC)C[C@H]1C(=O)N(c3cccc([N+](=O)[O-])c3)C(=O)[C@H]12. The lowest BCUT2D eigenvalue weighted by molar-refractivity contribution is -0.384. The number of aliphatic hydroxyl groups excluding tert-OH is 1. The fraction of sp³-hybridized carbons (Fsp3) is 0.467. The Morgan fingerprint density at radius 3 is 2.67 bits per heavy atom. The molecule has 1 aromatic carbocycles. The number of anilines is 1. The molecule has 5 rings (SSSR count). The minimum atomic E-state index is -0.523. The second kappa shape index (κ2) is 11.3. The lowest BCUT2D eigenvalue weighted by Gasteiger charge is -2.31. The largest absolute Gasteiger partial charge is 0.459 e. The number of hydrogen-bond acceptors (Lipinski definition) is 7. The Labute approximate surface area is 227 Å². The summed E-state index contributed by atoms with van der Waals surface area (Å²) in [7, 11) is 0. The maximum atomic E-state index is 13.7. The molecule has 2 aliphatic heterocycles. The van der Waals surface area contributed by atoms with E-state index in [0.717, 1.165) is 48.3 Å². The molecule has 2 amide bonds. The number of carbonyl (C=O) groups is 2. The summed E-state index contributed by atoms with van der Waals surface area (Å²) in [5, 5.41) is 20.6. The second-order valence-corrected chi connectivity index (χ2v) is 10.5. The Balaban J connectivity index is 1.37. The number of fused-ring (bicyclic) bond motifs is 3. The minimum absolute atomic E-state index is 0.120. The molecule has 9 nitrogen and oxygen atoms in total. The zero-order valence-corrected chi connectivity index (χ0v) is 22.3. The number of non-ortho nitro benzene ring substituents is 1. The Morgan fingerprint density at radius 1 is 1.15 bits per heavy atom. The number of nitro groups is 1. The van der Waals surface area contributed by atoms with Gasteiger partial charge in [0.1, 0.15) is 18.1 Å². The molecule has 1 aromatic heterocycles. The van der Waals surface area contributed by atoms with Crippen molar-refractivity contribution in [2.45, 2.75) is 65.1 Å². The van der Waals surface area contributed by atoms with Crippen LogP contribution in [0.1, 0.15) is 63.9 Å². The molecule has 1 N–H and O–H groups in total. The topological polar surface area (TPSA) is 123 Å². The molecular weight excluding hydrogens is 500 g/mol. The van der Waals surface area contributed by atoms with Crippen LogP contribution in [0.5, 0.6) is 0 Å². The number of nitrogens with zero attached hydrogens (tertiary/aromatic N) is 2. The van der Waals surface area contributed by atoms with E-state index in [4.69, 9.17) is 9.15 Å². The number of furan rings is 1. The van der Waals surface area contributed by atoms with E-state index in [1.165, 1.54) is 29.3 Å². The van der Waals surface area contributed by atoms with E-state index >= 15 is 0 Å². The molecule has 0 saturated carbocycles. The van der Waals surface area contributed by atoms with Crippen LogP contribution in [0.15, 0.2) is 57.5 Å². The minimum Gasteiger partial charge on any atom is -0.459 e. The maximum absolute atomic E-state index is 13.7. The molecule has 3 heterocycles. The van der Waals surface area contributed by atoms with Gasteiger partial charge in [0.25, 0.3) is 5.69 Å². The number of benzene rings is 1. The summed E-state index contributed by atoms with van der Waals surface area (Å²) in [5.41, 5.74) is 3.68. The van der Waals surface area contributed by atoms with Gasteiger partial charge in [-0.25, -0.2) is 4.90 Å². The smallest absolute Gasteiger partial charge is 0.271 e. The normalized spacial score (nSPS) is 24.9. The second-order valence-electron chi connectivity index (χ2n) is 10.5. The van der Waals surface area contributed by atoms with Crippen molar-refractivity contribution in [3.63, 3.8) is 0 Å². The van der Waals surface area contributed by atoms with Crippen molar-refractivity contribution in [2.75, 3.05) is 11.5 Å². The van der Waals surface area contributed by atoms with E-state index in [1.54, 1.807) is 12.1 Å². The van der Waals surface area contributed by atoms with Gasteiger partial charge >= 0.3 is 0 Å². The van der Waals surface area contributed by atoms with Gasteiger partial charge in [0.2, 0.25) is 11.8 Å². The number of rotatable bonds is 10. The molecule has 2 aromatic rings. The number of carbonyl (C=O) groups excluding carboxylic acids is 2. The maximum Gasteiger partial charge on any atom is 0.271 e. The van der Waals surface area contributed by atoms with Gasteiger partial charge in [-0.1, -0.05) is 37.5 Å². The summed E-state index contributed by atoms with van der Waals surface area (Å²) in [6.07, 6.45) is 6.69. The zero-order chi connectivity index (χ0) is 27.7. The van der Waals surface area contributed by atoms with Crippen molar-refractivity contribution in [1.82, 2.24) is 0 Å². The van der Waals surface area contributed by atoms with Crippen molar-refractivity contribution in [3.05, 3.63) is 74.8 Å². The molecule has 0 unspecified atom stereocenters. The Bertz CT molecular complexity index is 1340. The monoisotopic (exact) mass is 534 g/mol. The van der Waals surface area contributed by atoms with Gasteiger partial charge in [0, 0.05) is 18.1 Å². The molecule has 39 heavy (non-hydrogen) atoms. The Hall–Kier alpha value is -3.56. The summed E-state index contributed by atoms with van der Waals surface area (Å²) in [5.74, 6) is -0.485. The number of ether oxygens (including phenoxy) is 1. The number of nitro benzene ring substituents is 1. The van der Waals surface area contributed by atoms with Crippen LogP contribution in [-0.4, -0.2) is 34.6 Å². The van der Waals surface area contributed by atoms with E-state index in [1.807, 2.05) is 12.1 Å². The lowest BCUT2D eigenvalue weighted by atomic mass is 9.69. The fourth-order valence-corrected chi connectivity index (χ4v) is 6.48. The number of amides is 2. The average molecular weight is 535 g/mol. The molecule has 0 bridgehead atoms. The summed E-state index contributed by atoms with van der Waals surface area (Å²) in [4.78, 5) is 39.1. The first-order chi connectivity index (χ1) is 18.9. The Kier molecular flexibility index (Phi) is 7.81. The average Bonchev–Trinajstić information content (AvgIpc) is 3.63. The highest BCUT2D eigenvalue weighted by atomic mass is 16.6. The first kappa shape index (κ1) is 27.0. The van der Waals surface area contributed by atoms with Gasteiger partial charge < -0.3 is 14.3 Å². The highest BCUT2D eigenvalue weighted by molar-refractivity contribution is 6.22. The predicted octanol–water partition coefficient (Wildman–Crippen LogP) is 5.57. The van der Waals surface area contributed by atoms with E-state index in [0.29, 0.717) is 18.8 Å². The van der Waals surface area contributed by atoms with Crippen LogP contribution in [0, 0.1) is 27.9 Å². The molecule has 206 valence electrons. The summed E-state index contributed by atoms with van der Waals surface area (Å²) in [6.45, 7) is 4.46. The van der Waals surface area contributed by atoms with Crippen molar-refractivity contribution in [2.24, 2.45) is 17.8 Å². The van der Waals surface area contributed by atoms with Crippen molar-refractivity contribution >= 4 is 29.3 Å². The molecule has 2 fully saturated rings. The quantitative estimate of drug-likeness (QED) is 0.183. The first-order valence-corrected chi connectivity index (χ1v) is 13.7. The van der Waals surface area contributed by atoms with Crippen LogP contribution in [0.25, 0.3) is 6.08 Å². The number of allylic oxidation sites excluding steroid dienone is 2. The van der Waals surface area contributed by atoms with Crippen LogP contribution < -0.4 is 4.90 Å². The first-order valence-electron chi connectivity index (χ1n) is 13.7. The van der Waals surface area contributed by atoms with Gasteiger partial charge in [0.15, 0.2) is 0 Å². The zero-order valence-electron chi connectivity index (χ0n) is 22.3. The third kappa shape index (κ3) is 5.08. The molecule has 0 radical (unpaired) electrons. The van der Waals surface area contributed by atoms with Gasteiger partial charge in [0.05, 0.1) is 35.2 Å². The summed E-state index contributed by atoms with van der Waals surface area (Å²) >= 11 is 0. The molecule has 0 spiro atoms. The van der Waals surface area contributed by atoms with Crippen LogP contribution in [-0.2, 0) is 20.9 Å². The third-order valence-corrected chi connectivity index (χ3v) is 8.22. The van der Waals surface area contributed by atoms with Crippen molar-refractivity contribution in [3.8, 4) is 0 Å². The van der Waals surface area contributed by atoms with Gasteiger partial charge in [-0.2, -0.15) is 0 Å². The van der Waals surface area contributed by atoms with E-state index in [2.05, 4.69) is 13.8 Å². The van der Waals surface area contributed by atoms with E-state index < -0.39 is 16.8 Å². The third-order valence-electron chi connectivity index (χ3n) is 8.22. The summed E-state index contributed by atoms with van der Waals surface area (Å²) in [6, 6.07) is 9.35. The predicted molar refractivity (Wildman–Crippen MR) is 144 cm³/mol. The number of aliphatic hydroxyl groups is 1. The van der Waals surface area contributed by atoms with Gasteiger partial charge in [-0.3, -0.25) is 19.7 Å². The number of hydrogen-bond donors (Lipinski definition) is 1. The van der Waals surface area contributed by atoms with Crippen LogP contribution in [0.4, 0.5) is 11.4 Å². The van der Waals surface area contributed by atoms with Crippen molar-refractivity contribution in [1.29, 1.82) is 0 Å². The van der Waals surface area contributed by atoms with Gasteiger partial charge in [-0.05, 0) is 62.0 Å².